The van der Waals surface area contributed by atoms with Crippen LogP contribution in [0.4, 0.5) is 0 Å². The summed E-state index contributed by atoms with van der Waals surface area (Å²) in [6.07, 6.45) is 8.83. The smallest absolute Gasteiger partial charge is 0.0166 e. The highest BCUT2D eigenvalue weighted by Gasteiger charge is 2.15. The molecule has 1 saturated heterocycles. The number of likely N-dealkylation sites (tertiary alicyclic amines) is 1. The maximum atomic E-state index is 2.59. The zero-order chi connectivity index (χ0) is 9.68. The van der Waals surface area contributed by atoms with Crippen LogP contribution in [0.15, 0.2) is 12.2 Å². The molecule has 0 aromatic heterocycles. The first kappa shape index (κ1) is 10.8. The first-order chi connectivity index (χ1) is 6.20. The largest absolute Gasteiger partial charge is 0.297 e. The summed E-state index contributed by atoms with van der Waals surface area (Å²) < 4.78 is 0. The summed E-state index contributed by atoms with van der Waals surface area (Å²) in [6.45, 7) is 9.26. The standard InChI is InChI=1S/C12H23N/c1-11(2)7-6-10-13-9-5-4-8-12(13)3/h6-7,11-12H,4-5,8-10H2,1-3H3. The first-order valence-electron chi connectivity index (χ1n) is 5.61. The molecule has 0 spiro atoms. The maximum Gasteiger partial charge on any atom is 0.0166 e. The highest BCUT2D eigenvalue weighted by Crippen LogP contribution is 2.15. The van der Waals surface area contributed by atoms with Crippen molar-refractivity contribution in [2.75, 3.05) is 13.1 Å². The monoisotopic (exact) mass is 181 g/mol. The molecule has 0 radical (unpaired) electrons. The molecule has 1 aliphatic heterocycles. The molecule has 1 atom stereocenters. The fraction of sp³-hybridized carbons (Fsp3) is 0.833. The second-order valence-corrected chi connectivity index (χ2v) is 4.51. The zero-order valence-corrected chi connectivity index (χ0v) is 9.29. The fourth-order valence-electron chi connectivity index (χ4n) is 1.90. The molecule has 1 heteroatoms. The molecule has 0 N–H and O–H groups in total. The van der Waals surface area contributed by atoms with E-state index in [-0.39, 0.29) is 0 Å². The Balaban J connectivity index is 2.26. The average molecular weight is 181 g/mol. The van der Waals surface area contributed by atoms with Crippen LogP contribution in [-0.2, 0) is 0 Å². The predicted octanol–water partition coefficient (Wildman–Crippen LogP) is 3.07. The van der Waals surface area contributed by atoms with Gasteiger partial charge in [-0.2, -0.15) is 0 Å². The van der Waals surface area contributed by atoms with Crippen LogP contribution >= 0.6 is 0 Å². The molecule has 1 heterocycles. The van der Waals surface area contributed by atoms with E-state index in [2.05, 4.69) is 37.8 Å². The van der Waals surface area contributed by atoms with Gasteiger partial charge in [-0.15, -0.1) is 0 Å². The number of rotatable bonds is 3. The molecule has 0 amide bonds. The Hall–Kier alpha value is -0.300. The topological polar surface area (TPSA) is 3.24 Å². The van der Waals surface area contributed by atoms with Crippen molar-refractivity contribution in [3.8, 4) is 0 Å². The summed E-state index contributed by atoms with van der Waals surface area (Å²) in [6, 6.07) is 0.797. The number of piperidine rings is 1. The van der Waals surface area contributed by atoms with Crippen LogP contribution in [0.5, 0.6) is 0 Å². The van der Waals surface area contributed by atoms with E-state index >= 15 is 0 Å². The third-order valence-corrected chi connectivity index (χ3v) is 2.80. The van der Waals surface area contributed by atoms with Gasteiger partial charge in [-0.05, 0) is 32.2 Å². The highest BCUT2D eigenvalue weighted by molar-refractivity contribution is 4.89. The Morgan fingerprint density at radius 1 is 1.38 bits per heavy atom. The van der Waals surface area contributed by atoms with Crippen LogP contribution in [0, 0.1) is 5.92 Å². The van der Waals surface area contributed by atoms with Gasteiger partial charge in [0.15, 0.2) is 0 Å². The van der Waals surface area contributed by atoms with Gasteiger partial charge in [0, 0.05) is 12.6 Å². The van der Waals surface area contributed by atoms with E-state index in [1.807, 2.05) is 0 Å². The van der Waals surface area contributed by atoms with Crippen LogP contribution in [0.3, 0.4) is 0 Å². The summed E-state index contributed by atoms with van der Waals surface area (Å²) in [5.41, 5.74) is 0. The molecule has 0 aliphatic carbocycles. The van der Waals surface area contributed by atoms with Gasteiger partial charge in [-0.3, -0.25) is 4.90 Å². The summed E-state index contributed by atoms with van der Waals surface area (Å²) in [5, 5.41) is 0. The van der Waals surface area contributed by atoms with Crippen molar-refractivity contribution < 1.29 is 0 Å². The second-order valence-electron chi connectivity index (χ2n) is 4.51. The lowest BCUT2D eigenvalue weighted by Gasteiger charge is -2.32. The Morgan fingerprint density at radius 3 is 2.77 bits per heavy atom. The third kappa shape index (κ3) is 3.95. The minimum absolute atomic E-state index is 0.695. The van der Waals surface area contributed by atoms with Crippen LogP contribution in [0.2, 0.25) is 0 Å². The van der Waals surface area contributed by atoms with Gasteiger partial charge >= 0.3 is 0 Å². The summed E-state index contributed by atoms with van der Waals surface area (Å²) >= 11 is 0. The molecule has 76 valence electrons. The van der Waals surface area contributed by atoms with E-state index in [0.717, 1.165) is 12.6 Å². The van der Waals surface area contributed by atoms with Gasteiger partial charge < -0.3 is 0 Å². The third-order valence-electron chi connectivity index (χ3n) is 2.80. The number of nitrogens with zero attached hydrogens (tertiary/aromatic N) is 1. The number of allylic oxidation sites excluding steroid dienone is 1. The lowest BCUT2D eigenvalue weighted by Crippen LogP contribution is -2.37. The van der Waals surface area contributed by atoms with Crippen LogP contribution < -0.4 is 0 Å². The Morgan fingerprint density at radius 2 is 2.15 bits per heavy atom. The second kappa shape index (κ2) is 5.43. The Kier molecular flexibility index (Phi) is 4.51. The van der Waals surface area contributed by atoms with E-state index in [0.29, 0.717) is 5.92 Å². The molecular weight excluding hydrogens is 158 g/mol. The summed E-state index contributed by atoms with van der Waals surface area (Å²) in [5.74, 6) is 0.695. The average Bonchev–Trinajstić information content (AvgIpc) is 2.08. The van der Waals surface area contributed by atoms with Crippen molar-refractivity contribution in [3.63, 3.8) is 0 Å². The summed E-state index contributed by atoms with van der Waals surface area (Å²) in [4.78, 5) is 2.59. The number of hydrogen-bond acceptors (Lipinski definition) is 1. The summed E-state index contributed by atoms with van der Waals surface area (Å²) in [7, 11) is 0. The van der Waals surface area contributed by atoms with Gasteiger partial charge in [0.2, 0.25) is 0 Å². The van der Waals surface area contributed by atoms with Crippen molar-refractivity contribution in [1.29, 1.82) is 0 Å². The van der Waals surface area contributed by atoms with Crippen LogP contribution in [0.1, 0.15) is 40.0 Å². The van der Waals surface area contributed by atoms with E-state index in [1.165, 1.54) is 25.8 Å². The lowest BCUT2D eigenvalue weighted by molar-refractivity contribution is 0.178. The molecule has 0 saturated carbocycles. The molecule has 1 rings (SSSR count). The molecule has 1 unspecified atom stereocenters. The molecule has 1 aliphatic rings. The Bertz CT molecular complexity index is 161. The minimum Gasteiger partial charge on any atom is -0.297 e. The minimum atomic E-state index is 0.695. The fourth-order valence-corrected chi connectivity index (χ4v) is 1.90. The predicted molar refractivity (Wildman–Crippen MR) is 58.9 cm³/mol. The van der Waals surface area contributed by atoms with E-state index in [9.17, 15) is 0 Å². The quantitative estimate of drug-likeness (QED) is 0.605. The maximum absolute atomic E-state index is 2.59. The van der Waals surface area contributed by atoms with Crippen LogP contribution in [-0.4, -0.2) is 24.0 Å². The first-order valence-corrected chi connectivity index (χ1v) is 5.61. The van der Waals surface area contributed by atoms with E-state index in [1.54, 1.807) is 0 Å². The molecular formula is C12H23N. The van der Waals surface area contributed by atoms with Crippen LogP contribution in [0.25, 0.3) is 0 Å². The van der Waals surface area contributed by atoms with Gasteiger partial charge in [0.05, 0.1) is 0 Å². The SMILES string of the molecule is CC(C)C=CCN1CCCCC1C. The zero-order valence-electron chi connectivity index (χ0n) is 9.29. The van der Waals surface area contributed by atoms with Gasteiger partial charge in [-0.1, -0.05) is 32.4 Å². The van der Waals surface area contributed by atoms with Crippen molar-refractivity contribution in [2.45, 2.75) is 46.1 Å². The van der Waals surface area contributed by atoms with Gasteiger partial charge in [0.1, 0.15) is 0 Å². The molecule has 0 aromatic rings. The Labute approximate surface area is 82.8 Å². The highest BCUT2D eigenvalue weighted by atomic mass is 15.1. The number of hydrogen-bond donors (Lipinski definition) is 0. The lowest BCUT2D eigenvalue weighted by atomic mass is 10.0. The molecule has 1 fully saturated rings. The molecule has 1 nitrogen and oxygen atoms in total. The van der Waals surface area contributed by atoms with Crippen molar-refractivity contribution >= 4 is 0 Å². The molecule has 0 bridgehead atoms. The normalized spacial score (nSPS) is 26.0. The van der Waals surface area contributed by atoms with Crippen molar-refractivity contribution in [3.05, 3.63) is 12.2 Å². The van der Waals surface area contributed by atoms with E-state index in [4.69, 9.17) is 0 Å². The van der Waals surface area contributed by atoms with Gasteiger partial charge in [-0.25, -0.2) is 0 Å². The van der Waals surface area contributed by atoms with Crippen molar-refractivity contribution in [2.24, 2.45) is 5.92 Å². The molecule has 0 aromatic carbocycles. The van der Waals surface area contributed by atoms with Crippen molar-refractivity contribution in [1.82, 2.24) is 4.90 Å². The van der Waals surface area contributed by atoms with Gasteiger partial charge in [0.25, 0.3) is 0 Å². The molecule has 13 heavy (non-hydrogen) atoms. The van der Waals surface area contributed by atoms with E-state index < -0.39 is 0 Å².